The molecule has 2 N–H and O–H groups in total. The number of nitrogens with zero attached hydrogens (tertiary/aromatic N) is 2. The molecule has 1 aromatic rings. The Kier molecular flexibility index (Phi) is 2.99. The molecule has 0 radical (unpaired) electrons. The standard InChI is InChI=1S/C12H14BrN3O2/c13-7-3-10(11(14)15-4-7)12(17)16-5-8-1-2-9(6-16)18-8/h3-4,8-9H,1-2,5-6H2,(H2,14,15). The van der Waals surface area contributed by atoms with Crippen molar-refractivity contribution in [2.45, 2.75) is 25.0 Å². The first-order valence-electron chi connectivity index (χ1n) is 5.99. The molecule has 0 saturated carbocycles. The molecule has 2 fully saturated rings. The van der Waals surface area contributed by atoms with Crippen molar-refractivity contribution in [3.63, 3.8) is 0 Å². The third kappa shape index (κ3) is 2.10. The fraction of sp³-hybridized carbons (Fsp3) is 0.500. The molecule has 18 heavy (non-hydrogen) atoms. The van der Waals surface area contributed by atoms with E-state index in [2.05, 4.69) is 20.9 Å². The molecule has 1 aromatic heterocycles. The first-order chi connectivity index (χ1) is 8.63. The van der Waals surface area contributed by atoms with Gasteiger partial charge in [-0.3, -0.25) is 4.79 Å². The molecule has 2 unspecified atom stereocenters. The number of carbonyl (C=O) groups excluding carboxylic acids is 1. The number of hydrogen-bond acceptors (Lipinski definition) is 4. The molecule has 3 rings (SSSR count). The fourth-order valence-electron chi connectivity index (χ4n) is 2.57. The summed E-state index contributed by atoms with van der Waals surface area (Å²) in [7, 11) is 0. The maximum atomic E-state index is 12.4. The molecule has 5 nitrogen and oxygen atoms in total. The third-order valence-corrected chi connectivity index (χ3v) is 3.88. The molecule has 2 aliphatic rings. The zero-order chi connectivity index (χ0) is 12.7. The van der Waals surface area contributed by atoms with Crippen LogP contribution in [0.1, 0.15) is 23.2 Å². The van der Waals surface area contributed by atoms with Gasteiger partial charge in [0.15, 0.2) is 0 Å². The highest BCUT2D eigenvalue weighted by Crippen LogP contribution is 2.28. The summed E-state index contributed by atoms with van der Waals surface area (Å²) in [5.41, 5.74) is 6.23. The molecule has 2 bridgehead atoms. The van der Waals surface area contributed by atoms with Gasteiger partial charge in [0.2, 0.25) is 0 Å². The van der Waals surface area contributed by atoms with Crippen molar-refractivity contribution in [1.82, 2.24) is 9.88 Å². The smallest absolute Gasteiger partial charge is 0.257 e. The van der Waals surface area contributed by atoms with Crippen molar-refractivity contribution in [3.05, 3.63) is 22.3 Å². The number of likely N-dealkylation sites (tertiary alicyclic amines) is 1. The van der Waals surface area contributed by atoms with E-state index in [9.17, 15) is 4.79 Å². The normalized spacial score (nSPS) is 26.4. The Bertz CT molecular complexity index is 482. The molecule has 2 saturated heterocycles. The van der Waals surface area contributed by atoms with E-state index in [1.807, 2.05) is 4.90 Å². The summed E-state index contributed by atoms with van der Waals surface area (Å²) in [6, 6.07) is 1.72. The largest absolute Gasteiger partial charge is 0.383 e. The van der Waals surface area contributed by atoms with E-state index in [1.54, 1.807) is 12.3 Å². The lowest BCUT2D eigenvalue weighted by molar-refractivity contribution is -0.0303. The van der Waals surface area contributed by atoms with Gasteiger partial charge in [-0.2, -0.15) is 0 Å². The Morgan fingerprint density at radius 1 is 1.44 bits per heavy atom. The summed E-state index contributed by atoms with van der Waals surface area (Å²) in [5, 5.41) is 0. The lowest BCUT2D eigenvalue weighted by Crippen LogP contribution is -2.46. The van der Waals surface area contributed by atoms with Crippen LogP contribution in [0.15, 0.2) is 16.7 Å². The van der Waals surface area contributed by atoms with Crippen molar-refractivity contribution in [1.29, 1.82) is 0 Å². The number of pyridine rings is 1. The average Bonchev–Trinajstić information content (AvgIpc) is 2.70. The number of fused-ring (bicyclic) bond motifs is 2. The Morgan fingerprint density at radius 2 is 2.11 bits per heavy atom. The van der Waals surface area contributed by atoms with Gasteiger partial charge in [0, 0.05) is 23.8 Å². The molecule has 96 valence electrons. The highest BCUT2D eigenvalue weighted by atomic mass is 79.9. The number of nitrogen functional groups attached to an aromatic ring is 1. The number of amides is 1. The molecule has 0 aromatic carbocycles. The highest BCUT2D eigenvalue weighted by Gasteiger charge is 2.36. The molecule has 3 heterocycles. The topological polar surface area (TPSA) is 68.5 Å². The molecule has 6 heteroatoms. The van der Waals surface area contributed by atoms with Crippen LogP contribution in [0.5, 0.6) is 0 Å². The third-order valence-electron chi connectivity index (χ3n) is 3.45. The van der Waals surface area contributed by atoms with Gasteiger partial charge in [0.05, 0.1) is 17.8 Å². The van der Waals surface area contributed by atoms with Gasteiger partial charge in [0.1, 0.15) is 5.82 Å². The van der Waals surface area contributed by atoms with Crippen molar-refractivity contribution in [2.24, 2.45) is 0 Å². The second kappa shape index (κ2) is 4.51. The zero-order valence-corrected chi connectivity index (χ0v) is 11.4. The number of nitrogens with two attached hydrogens (primary N) is 1. The van der Waals surface area contributed by atoms with E-state index < -0.39 is 0 Å². The summed E-state index contributed by atoms with van der Waals surface area (Å²) in [5.74, 6) is 0.225. The van der Waals surface area contributed by atoms with Gasteiger partial charge in [-0.05, 0) is 34.8 Å². The van der Waals surface area contributed by atoms with Gasteiger partial charge in [-0.25, -0.2) is 4.98 Å². The van der Waals surface area contributed by atoms with Gasteiger partial charge in [0.25, 0.3) is 5.91 Å². The van der Waals surface area contributed by atoms with E-state index in [1.165, 1.54) is 0 Å². The van der Waals surface area contributed by atoms with Crippen molar-refractivity contribution >= 4 is 27.7 Å². The quantitative estimate of drug-likeness (QED) is 0.852. The van der Waals surface area contributed by atoms with Crippen LogP contribution >= 0.6 is 15.9 Å². The number of carbonyl (C=O) groups is 1. The van der Waals surface area contributed by atoms with E-state index >= 15 is 0 Å². The number of ether oxygens (including phenoxy) is 1. The molecular weight excluding hydrogens is 298 g/mol. The van der Waals surface area contributed by atoms with Gasteiger partial charge >= 0.3 is 0 Å². The van der Waals surface area contributed by atoms with Crippen LogP contribution in [-0.2, 0) is 4.74 Å². The molecule has 1 amide bonds. The van der Waals surface area contributed by atoms with Crippen LogP contribution in [0.3, 0.4) is 0 Å². The minimum Gasteiger partial charge on any atom is -0.383 e. The summed E-state index contributed by atoms with van der Waals surface area (Å²) < 4.78 is 6.48. The molecular formula is C12H14BrN3O2. The predicted octanol–water partition coefficient (Wildman–Crippen LogP) is 1.43. The number of morpholine rings is 1. The first-order valence-corrected chi connectivity index (χ1v) is 6.78. The van der Waals surface area contributed by atoms with Gasteiger partial charge in [-0.1, -0.05) is 0 Å². The fourth-order valence-corrected chi connectivity index (χ4v) is 2.90. The number of aromatic nitrogens is 1. The molecule has 0 spiro atoms. The van der Waals surface area contributed by atoms with Gasteiger partial charge in [-0.15, -0.1) is 0 Å². The Hall–Kier alpha value is -1.14. The number of rotatable bonds is 1. The van der Waals surface area contributed by atoms with Crippen LogP contribution in [0.25, 0.3) is 0 Å². The second-order valence-corrected chi connectivity index (χ2v) is 5.67. The maximum absolute atomic E-state index is 12.4. The van der Waals surface area contributed by atoms with Crippen molar-refractivity contribution in [2.75, 3.05) is 18.8 Å². The van der Waals surface area contributed by atoms with Crippen LogP contribution in [0.2, 0.25) is 0 Å². The Morgan fingerprint density at radius 3 is 2.78 bits per heavy atom. The van der Waals surface area contributed by atoms with E-state index in [0.717, 1.165) is 17.3 Å². The first kappa shape index (κ1) is 11.9. The minimum absolute atomic E-state index is 0.0542. The van der Waals surface area contributed by atoms with Crippen LogP contribution in [-0.4, -0.2) is 41.1 Å². The predicted molar refractivity (Wildman–Crippen MR) is 70.1 cm³/mol. The molecule has 0 aliphatic carbocycles. The SMILES string of the molecule is Nc1ncc(Br)cc1C(=O)N1CC2CCC(C1)O2. The van der Waals surface area contributed by atoms with Gasteiger partial charge < -0.3 is 15.4 Å². The monoisotopic (exact) mass is 311 g/mol. The number of halogens is 1. The lowest BCUT2D eigenvalue weighted by atomic mass is 10.2. The van der Waals surface area contributed by atoms with Crippen LogP contribution in [0.4, 0.5) is 5.82 Å². The van der Waals surface area contributed by atoms with Crippen LogP contribution < -0.4 is 5.73 Å². The highest BCUT2D eigenvalue weighted by molar-refractivity contribution is 9.10. The summed E-state index contributed by atoms with van der Waals surface area (Å²) in [6.45, 7) is 1.31. The second-order valence-electron chi connectivity index (χ2n) is 4.75. The summed E-state index contributed by atoms with van der Waals surface area (Å²) in [4.78, 5) is 18.2. The van der Waals surface area contributed by atoms with Crippen LogP contribution in [0, 0.1) is 0 Å². The summed E-state index contributed by atoms with van der Waals surface area (Å²) >= 11 is 3.31. The number of hydrogen-bond donors (Lipinski definition) is 1. The van der Waals surface area contributed by atoms with Crippen molar-refractivity contribution < 1.29 is 9.53 Å². The lowest BCUT2D eigenvalue weighted by Gasteiger charge is -2.32. The Balaban J connectivity index is 1.84. The van der Waals surface area contributed by atoms with E-state index in [4.69, 9.17) is 10.5 Å². The maximum Gasteiger partial charge on any atom is 0.257 e. The average molecular weight is 312 g/mol. The Labute approximate surface area is 113 Å². The zero-order valence-electron chi connectivity index (χ0n) is 9.80. The van der Waals surface area contributed by atoms with E-state index in [-0.39, 0.29) is 23.9 Å². The molecule has 2 aliphatic heterocycles. The minimum atomic E-state index is -0.0542. The number of anilines is 1. The molecule has 2 atom stereocenters. The van der Waals surface area contributed by atoms with Crippen molar-refractivity contribution in [3.8, 4) is 0 Å². The van der Waals surface area contributed by atoms with E-state index in [0.29, 0.717) is 18.7 Å². The summed E-state index contributed by atoms with van der Waals surface area (Å²) in [6.07, 6.45) is 4.05.